The van der Waals surface area contributed by atoms with Crippen molar-refractivity contribution in [1.29, 1.82) is 0 Å². The molecule has 1 aliphatic heterocycles. The molecule has 1 aliphatic rings. The minimum atomic E-state index is -4.45. The summed E-state index contributed by atoms with van der Waals surface area (Å²) in [6.07, 6.45) is 0.0408. The second-order valence-electron chi connectivity index (χ2n) is 5.07. The molecule has 1 saturated heterocycles. The van der Waals surface area contributed by atoms with Crippen molar-refractivity contribution < 1.29 is 18.0 Å². The van der Waals surface area contributed by atoms with E-state index in [1.54, 1.807) is 0 Å². The first-order chi connectivity index (χ1) is 9.97. The second-order valence-corrected chi connectivity index (χ2v) is 6.29. The quantitative estimate of drug-likeness (QED) is 0.926. The number of carbonyl (C=O) groups is 1. The van der Waals surface area contributed by atoms with Crippen LogP contribution in [0.15, 0.2) is 18.5 Å². The molecule has 2 rings (SSSR count). The molecule has 0 spiro atoms. The Bertz CT molecular complexity index is 487. The van der Waals surface area contributed by atoms with Crippen LogP contribution in [0.3, 0.4) is 0 Å². The van der Waals surface area contributed by atoms with Gasteiger partial charge in [-0.3, -0.25) is 9.78 Å². The molecular formula is C14H17F3N2OS. The highest BCUT2D eigenvalue weighted by molar-refractivity contribution is 7.99. The van der Waals surface area contributed by atoms with Crippen LogP contribution in [-0.2, 0) is 17.5 Å². The van der Waals surface area contributed by atoms with Crippen LogP contribution in [0, 0.1) is 5.92 Å². The molecule has 7 heteroatoms. The standard InChI is InChI=1S/C14H17F3N2OS/c15-14(16,17)12-9-18-4-1-11(12)8-19-13(20)7-10-2-5-21-6-3-10/h1,4,9-10H,2-3,5-8H2,(H,19,20). The van der Waals surface area contributed by atoms with Gasteiger partial charge in [0, 0.05) is 25.4 Å². The van der Waals surface area contributed by atoms with Crippen LogP contribution in [0.25, 0.3) is 0 Å². The van der Waals surface area contributed by atoms with E-state index in [0.29, 0.717) is 12.3 Å². The number of thioether (sulfide) groups is 1. The Morgan fingerprint density at radius 3 is 2.76 bits per heavy atom. The van der Waals surface area contributed by atoms with E-state index < -0.39 is 11.7 Å². The van der Waals surface area contributed by atoms with Crippen LogP contribution in [0.4, 0.5) is 13.2 Å². The van der Waals surface area contributed by atoms with Gasteiger partial charge in [-0.1, -0.05) is 0 Å². The minimum Gasteiger partial charge on any atom is -0.352 e. The minimum absolute atomic E-state index is 0.0463. The van der Waals surface area contributed by atoms with Crippen molar-refractivity contribution in [2.75, 3.05) is 11.5 Å². The smallest absolute Gasteiger partial charge is 0.352 e. The summed E-state index contributed by atoms with van der Waals surface area (Å²) in [6, 6.07) is 1.29. The summed E-state index contributed by atoms with van der Waals surface area (Å²) in [5, 5.41) is 2.59. The van der Waals surface area contributed by atoms with E-state index >= 15 is 0 Å². The fourth-order valence-electron chi connectivity index (χ4n) is 2.31. The molecule has 0 aromatic carbocycles. The number of nitrogens with zero attached hydrogens (tertiary/aromatic N) is 1. The summed E-state index contributed by atoms with van der Waals surface area (Å²) in [6.45, 7) is -0.113. The number of halogens is 3. The van der Waals surface area contributed by atoms with E-state index in [4.69, 9.17) is 0 Å². The van der Waals surface area contributed by atoms with Crippen molar-refractivity contribution in [1.82, 2.24) is 10.3 Å². The molecule has 116 valence electrons. The van der Waals surface area contributed by atoms with Gasteiger partial charge in [0.25, 0.3) is 0 Å². The third kappa shape index (κ3) is 4.91. The lowest BCUT2D eigenvalue weighted by molar-refractivity contribution is -0.138. The molecule has 2 heterocycles. The van der Waals surface area contributed by atoms with E-state index in [1.807, 2.05) is 11.8 Å². The van der Waals surface area contributed by atoms with Gasteiger partial charge in [-0.15, -0.1) is 0 Å². The van der Waals surface area contributed by atoms with Gasteiger partial charge in [-0.25, -0.2) is 0 Å². The number of hydrogen-bond donors (Lipinski definition) is 1. The monoisotopic (exact) mass is 318 g/mol. The summed E-state index contributed by atoms with van der Waals surface area (Å²) < 4.78 is 38.4. The Balaban J connectivity index is 1.89. The molecule has 1 fully saturated rings. The third-order valence-electron chi connectivity index (χ3n) is 3.51. The van der Waals surface area contributed by atoms with Gasteiger partial charge in [0.05, 0.1) is 5.56 Å². The van der Waals surface area contributed by atoms with Gasteiger partial charge >= 0.3 is 6.18 Å². The zero-order valence-corrected chi connectivity index (χ0v) is 12.3. The maximum absolute atomic E-state index is 12.8. The lowest BCUT2D eigenvalue weighted by atomic mass is 9.98. The molecule has 1 N–H and O–H groups in total. The predicted molar refractivity (Wildman–Crippen MR) is 75.8 cm³/mol. The number of carbonyl (C=O) groups excluding carboxylic acids is 1. The highest BCUT2D eigenvalue weighted by Gasteiger charge is 2.33. The van der Waals surface area contributed by atoms with Crippen molar-refractivity contribution in [3.63, 3.8) is 0 Å². The van der Waals surface area contributed by atoms with Crippen LogP contribution in [-0.4, -0.2) is 22.4 Å². The van der Waals surface area contributed by atoms with Crippen LogP contribution < -0.4 is 5.32 Å². The van der Waals surface area contributed by atoms with Crippen molar-refractivity contribution >= 4 is 17.7 Å². The van der Waals surface area contributed by atoms with Crippen molar-refractivity contribution in [3.05, 3.63) is 29.6 Å². The zero-order valence-electron chi connectivity index (χ0n) is 11.4. The summed E-state index contributed by atoms with van der Waals surface area (Å²) in [7, 11) is 0. The summed E-state index contributed by atoms with van der Waals surface area (Å²) >= 11 is 1.88. The molecule has 1 aromatic rings. The maximum atomic E-state index is 12.8. The highest BCUT2D eigenvalue weighted by atomic mass is 32.2. The van der Waals surface area contributed by atoms with Crippen molar-refractivity contribution in [3.8, 4) is 0 Å². The zero-order chi connectivity index (χ0) is 15.3. The topological polar surface area (TPSA) is 42.0 Å². The SMILES string of the molecule is O=C(CC1CCSCC1)NCc1ccncc1C(F)(F)F. The second kappa shape index (κ2) is 7.15. The normalized spacial score (nSPS) is 16.7. The van der Waals surface area contributed by atoms with Gasteiger partial charge in [0.15, 0.2) is 0 Å². The molecular weight excluding hydrogens is 301 g/mol. The van der Waals surface area contributed by atoms with Gasteiger partial charge in [-0.05, 0) is 41.9 Å². The number of rotatable bonds is 4. The van der Waals surface area contributed by atoms with E-state index in [9.17, 15) is 18.0 Å². The summed E-state index contributed by atoms with van der Waals surface area (Å²) in [5.74, 6) is 2.28. The Morgan fingerprint density at radius 1 is 1.38 bits per heavy atom. The summed E-state index contributed by atoms with van der Waals surface area (Å²) in [4.78, 5) is 15.3. The average molecular weight is 318 g/mol. The Hall–Kier alpha value is -1.24. The lowest BCUT2D eigenvalue weighted by Crippen LogP contribution is -2.27. The number of aromatic nitrogens is 1. The number of hydrogen-bond acceptors (Lipinski definition) is 3. The molecule has 0 radical (unpaired) electrons. The van der Waals surface area contributed by atoms with Crippen LogP contribution >= 0.6 is 11.8 Å². The van der Waals surface area contributed by atoms with Crippen LogP contribution in [0.2, 0.25) is 0 Å². The van der Waals surface area contributed by atoms with E-state index in [-0.39, 0.29) is 18.0 Å². The Morgan fingerprint density at radius 2 is 2.10 bits per heavy atom. The first-order valence-electron chi connectivity index (χ1n) is 6.81. The molecule has 21 heavy (non-hydrogen) atoms. The maximum Gasteiger partial charge on any atom is 0.418 e. The molecule has 0 saturated carbocycles. The lowest BCUT2D eigenvalue weighted by Gasteiger charge is -2.20. The van der Waals surface area contributed by atoms with Crippen LogP contribution in [0.5, 0.6) is 0 Å². The van der Waals surface area contributed by atoms with Crippen molar-refractivity contribution in [2.45, 2.75) is 32.0 Å². The van der Waals surface area contributed by atoms with E-state index in [2.05, 4.69) is 10.3 Å². The molecule has 3 nitrogen and oxygen atoms in total. The van der Waals surface area contributed by atoms with Crippen LogP contribution in [0.1, 0.15) is 30.4 Å². The summed E-state index contributed by atoms with van der Waals surface area (Å²) in [5.41, 5.74) is -0.746. The predicted octanol–water partition coefficient (Wildman–Crippen LogP) is 3.25. The first kappa shape index (κ1) is 16.1. The molecule has 0 atom stereocenters. The average Bonchev–Trinajstić information content (AvgIpc) is 2.45. The highest BCUT2D eigenvalue weighted by Crippen LogP contribution is 2.31. The molecule has 1 aromatic heterocycles. The van der Waals surface area contributed by atoms with Gasteiger partial charge in [0.2, 0.25) is 5.91 Å². The van der Waals surface area contributed by atoms with E-state index in [0.717, 1.165) is 30.5 Å². The molecule has 0 aliphatic carbocycles. The molecule has 0 unspecified atom stereocenters. The Labute approximate surface area is 125 Å². The third-order valence-corrected chi connectivity index (χ3v) is 4.56. The fourth-order valence-corrected chi connectivity index (χ4v) is 3.52. The number of pyridine rings is 1. The van der Waals surface area contributed by atoms with Gasteiger partial charge < -0.3 is 5.32 Å². The van der Waals surface area contributed by atoms with Gasteiger partial charge in [-0.2, -0.15) is 24.9 Å². The molecule has 0 bridgehead atoms. The number of amides is 1. The Kier molecular flexibility index (Phi) is 5.50. The first-order valence-corrected chi connectivity index (χ1v) is 7.97. The fraction of sp³-hybridized carbons (Fsp3) is 0.571. The number of alkyl halides is 3. The van der Waals surface area contributed by atoms with E-state index in [1.165, 1.54) is 12.3 Å². The molecule has 1 amide bonds. The largest absolute Gasteiger partial charge is 0.418 e. The number of nitrogens with one attached hydrogen (secondary N) is 1. The van der Waals surface area contributed by atoms with Gasteiger partial charge in [0.1, 0.15) is 0 Å². The van der Waals surface area contributed by atoms with Crippen molar-refractivity contribution in [2.24, 2.45) is 5.92 Å².